The molecular weight excluding hydrogens is 795 g/mol. The minimum Gasteiger partial charge on any atom is -0.481 e. The summed E-state index contributed by atoms with van der Waals surface area (Å²) < 4.78 is 9.74. The number of para-hydroxylation sites is 1. The van der Waals surface area contributed by atoms with Crippen LogP contribution in [0.2, 0.25) is 0 Å². The number of anilines is 1. The van der Waals surface area contributed by atoms with E-state index in [1.165, 1.54) is 16.2 Å². The number of rotatable bonds is 15. The van der Waals surface area contributed by atoms with Crippen molar-refractivity contribution in [1.82, 2.24) is 29.6 Å². The number of aliphatic carboxylic acids is 1. The maximum atomic E-state index is 13.6. The third-order valence-corrected chi connectivity index (χ3v) is 13.9. The Hall–Kier alpha value is -6.06. The van der Waals surface area contributed by atoms with Crippen LogP contribution < -0.4 is 5.32 Å². The normalized spacial score (nSPS) is 24.0. The molecule has 314 valence electrons. The predicted octanol–water partition coefficient (Wildman–Crippen LogP) is 8.10. The van der Waals surface area contributed by atoms with Crippen LogP contribution in [0.1, 0.15) is 85.3 Å². The van der Waals surface area contributed by atoms with Gasteiger partial charge in [0, 0.05) is 59.2 Å². The molecule has 4 aliphatic carbocycles. The number of nitrogens with one attached hydrogen (secondary N) is 1. The van der Waals surface area contributed by atoms with Crippen LogP contribution in [0, 0.1) is 23.2 Å². The Balaban J connectivity index is 0.965. The number of carbonyl (C=O) groups is 4. The average molecular weight is 842 g/mol. The number of thiazole rings is 1. The van der Waals surface area contributed by atoms with Gasteiger partial charge in [0.25, 0.3) is 5.91 Å². The molecule has 4 bridgehead atoms. The lowest BCUT2D eigenvalue weighted by Crippen LogP contribution is -2.64. The minimum atomic E-state index is -1.18. The number of aromatic carboxylic acids is 1. The maximum Gasteiger partial charge on any atom is 0.355 e. The second-order valence-electron chi connectivity index (χ2n) is 18.2. The number of carboxylic acids is 2. The minimum absolute atomic E-state index is 0.0653. The molecule has 6 aromatic rings. The first-order valence-corrected chi connectivity index (χ1v) is 21.4. The summed E-state index contributed by atoms with van der Waals surface area (Å²) in [5, 5.41) is 28.5. The Bertz CT molecular complexity index is 2690. The predicted molar refractivity (Wildman–Crippen MR) is 230 cm³/mol. The molecule has 4 fully saturated rings. The van der Waals surface area contributed by atoms with Gasteiger partial charge in [-0.1, -0.05) is 43.4 Å². The number of aromatic nitrogens is 5. The second kappa shape index (κ2) is 15.1. The lowest BCUT2D eigenvalue weighted by atomic mass is 9.39. The Morgan fingerprint density at radius 2 is 1.67 bits per heavy atom. The summed E-state index contributed by atoms with van der Waals surface area (Å²) in [6.07, 6.45) is 9.82. The molecule has 10 rings (SSSR count). The molecular formula is C46H47N7O7S. The van der Waals surface area contributed by atoms with Gasteiger partial charge in [0.1, 0.15) is 0 Å². The highest BCUT2D eigenvalue weighted by atomic mass is 32.1. The van der Waals surface area contributed by atoms with Gasteiger partial charge in [0.05, 0.1) is 46.3 Å². The van der Waals surface area contributed by atoms with Crippen LogP contribution in [-0.4, -0.2) is 89.4 Å². The Labute approximate surface area is 356 Å². The van der Waals surface area contributed by atoms with Crippen molar-refractivity contribution in [3.8, 4) is 22.4 Å². The zero-order valence-electron chi connectivity index (χ0n) is 34.3. The summed E-state index contributed by atoms with van der Waals surface area (Å²) in [6.45, 7) is 8.16. The summed E-state index contributed by atoms with van der Waals surface area (Å²) >= 11 is 1.39. The van der Waals surface area contributed by atoms with Gasteiger partial charge >= 0.3 is 11.9 Å². The monoisotopic (exact) mass is 841 g/mol. The van der Waals surface area contributed by atoms with Gasteiger partial charge in [-0.2, -0.15) is 5.10 Å². The number of ether oxygens (including phenoxy) is 1. The van der Waals surface area contributed by atoms with E-state index in [4.69, 9.17) is 14.9 Å². The number of nitrogens with zero attached hydrogens (tertiary/aromatic N) is 6. The highest BCUT2D eigenvalue weighted by Crippen LogP contribution is 2.72. The molecule has 4 aromatic heterocycles. The highest BCUT2D eigenvalue weighted by Gasteiger charge is 2.66. The van der Waals surface area contributed by atoms with Crippen molar-refractivity contribution in [3.63, 3.8) is 0 Å². The largest absolute Gasteiger partial charge is 0.481 e. The molecule has 61 heavy (non-hydrogen) atoms. The van der Waals surface area contributed by atoms with Crippen LogP contribution in [0.5, 0.6) is 0 Å². The SMILES string of the molecule is Cc1c(-c2ccc(-c3cnc4cccc(C(=O)Nc5nc6ccccc6s5)c4c3)nc2C(=O)O)cnn1CC12CC3(C)CC(C)(C1)CC(OCCN(C=O)CCC(=O)O)(C3)C2. The van der Waals surface area contributed by atoms with Crippen LogP contribution in [0.25, 0.3) is 43.5 Å². The van der Waals surface area contributed by atoms with E-state index in [1.54, 1.807) is 36.7 Å². The second-order valence-corrected chi connectivity index (χ2v) is 19.3. The van der Waals surface area contributed by atoms with Gasteiger partial charge in [-0.3, -0.25) is 29.4 Å². The van der Waals surface area contributed by atoms with Crippen molar-refractivity contribution in [2.45, 2.75) is 77.9 Å². The van der Waals surface area contributed by atoms with Crippen molar-refractivity contribution in [3.05, 3.63) is 90.0 Å². The topological polar surface area (TPSA) is 190 Å². The fraction of sp³-hybridized carbons (Fsp3) is 0.391. The third-order valence-electron chi connectivity index (χ3n) is 13.0. The Morgan fingerprint density at radius 1 is 0.902 bits per heavy atom. The molecule has 0 spiro atoms. The molecule has 0 saturated heterocycles. The standard InChI is InChI=1S/C46H47N7O7S/c1-28-33(19-48-53(28)26-45-21-43(2)20-44(3,22-45)24-46(23-43,25-45)60-16-15-52(27-54)14-13-38(55)56)30-11-12-34(49-39(30)41(58)59)29-17-32-31(7-6-9-35(32)47-18-29)40(57)51-42-50-36-8-4-5-10-37(36)61-42/h4-12,17-19,27H,13-16,20-26H2,1-3H3,(H,55,56)(H,58,59)(H,50,51,57). The fourth-order valence-electron chi connectivity index (χ4n) is 11.8. The molecule has 15 heteroatoms. The quantitative estimate of drug-likeness (QED) is 0.0848. The van der Waals surface area contributed by atoms with E-state index in [2.05, 4.69) is 34.1 Å². The number of pyridine rings is 2. The molecule has 2 atom stereocenters. The Morgan fingerprint density at radius 3 is 2.41 bits per heavy atom. The lowest BCUT2D eigenvalue weighted by Gasteiger charge is -2.69. The van der Waals surface area contributed by atoms with Crippen LogP contribution in [0.15, 0.2) is 73.1 Å². The van der Waals surface area contributed by atoms with Crippen molar-refractivity contribution in [2.75, 3.05) is 25.0 Å². The maximum absolute atomic E-state index is 13.6. The number of fused-ring (bicyclic) bond motifs is 2. The third kappa shape index (κ3) is 7.76. The molecule has 0 radical (unpaired) electrons. The number of benzene rings is 2. The molecule has 4 aliphatic rings. The summed E-state index contributed by atoms with van der Waals surface area (Å²) in [5.74, 6) is -2.45. The zero-order chi connectivity index (χ0) is 42.7. The van der Waals surface area contributed by atoms with Crippen LogP contribution in [-0.2, 0) is 20.9 Å². The summed E-state index contributed by atoms with van der Waals surface area (Å²) in [6, 6.07) is 18.4. The van der Waals surface area contributed by atoms with E-state index in [9.17, 15) is 24.3 Å². The first kappa shape index (κ1) is 40.4. The number of carboxylic acid groups (broad SMARTS) is 2. The number of hydrogen-bond acceptors (Lipinski definition) is 10. The molecule has 2 amide bonds. The van der Waals surface area contributed by atoms with Gasteiger partial charge in [0.2, 0.25) is 6.41 Å². The molecule has 2 aromatic carbocycles. The van der Waals surface area contributed by atoms with Crippen molar-refractivity contribution >= 4 is 61.8 Å². The molecule has 14 nitrogen and oxygen atoms in total. The van der Waals surface area contributed by atoms with Crippen molar-refractivity contribution < 1.29 is 34.1 Å². The van der Waals surface area contributed by atoms with Gasteiger partial charge in [-0.15, -0.1) is 0 Å². The molecule has 0 aliphatic heterocycles. The molecule has 4 heterocycles. The van der Waals surface area contributed by atoms with E-state index in [-0.39, 0.29) is 46.4 Å². The number of amides is 2. The van der Waals surface area contributed by atoms with Gasteiger partial charge in [0.15, 0.2) is 10.8 Å². The first-order chi connectivity index (χ1) is 29.2. The average Bonchev–Trinajstić information content (AvgIpc) is 3.78. The smallest absolute Gasteiger partial charge is 0.355 e. The van der Waals surface area contributed by atoms with Crippen molar-refractivity contribution in [2.24, 2.45) is 16.2 Å². The first-order valence-electron chi connectivity index (χ1n) is 20.5. The fourth-order valence-corrected chi connectivity index (χ4v) is 12.6. The lowest BCUT2D eigenvalue weighted by molar-refractivity contribution is -0.248. The molecule has 3 N–H and O–H groups in total. The Kier molecular flexibility index (Phi) is 10.0. The zero-order valence-corrected chi connectivity index (χ0v) is 35.1. The van der Waals surface area contributed by atoms with Gasteiger partial charge < -0.3 is 19.8 Å². The van der Waals surface area contributed by atoms with E-state index in [0.717, 1.165) is 54.4 Å². The number of carbonyl (C=O) groups excluding carboxylic acids is 2. The summed E-state index contributed by atoms with van der Waals surface area (Å²) in [7, 11) is 0. The van der Waals surface area contributed by atoms with Gasteiger partial charge in [-0.05, 0) is 104 Å². The van der Waals surface area contributed by atoms with Crippen LogP contribution in [0.4, 0.5) is 5.13 Å². The summed E-state index contributed by atoms with van der Waals surface area (Å²) in [5.41, 5.74) is 4.31. The van der Waals surface area contributed by atoms with E-state index in [0.29, 0.717) is 70.1 Å². The van der Waals surface area contributed by atoms with Crippen LogP contribution in [0.3, 0.4) is 0 Å². The van der Waals surface area contributed by atoms with Gasteiger partial charge in [-0.25, -0.2) is 14.8 Å². The molecule has 2 unspecified atom stereocenters. The number of hydrogen-bond donors (Lipinski definition) is 3. The molecule has 4 saturated carbocycles. The van der Waals surface area contributed by atoms with E-state index < -0.39 is 11.9 Å². The van der Waals surface area contributed by atoms with E-state index >= 15 is 0 Å². The van der Waals surface area contributed by atoms with Crippen LogP contribution >= 0.6 is 11.3 Å². The summed E-state index contributed by atoms with van der Waals surface area (Å²) in [4.78, 5) is 64.5. The van der Waals surface area contributed by atoms with Crippen molar-refractivity contribution in [1.29, 1.82) is 0 Å². The van der Waals surface area contributed by atoms with E-state index in [1.807, 2.05) is 48.0 Å². The highest BCUT2D eigenvalue weighted by molar-refractivity contribution is 7.22.